The highest BCUT2D eigenvalue weighted by atomic mass is 32.2. The molecule has 0 amide bonds. The van der Waals surface area contributed by atoms with Gasteiger partial charge in [-0.3, -0.25) is 4.90 Å². The van der Waals surface area contributed by atoms with Crippen LogP contribution in [0.1, 0.15) is 48.9 Å². The lowest BCUT2D eigenvalue weighted by Crippen LogP contribution is -2.46. The van der Waals surface area contributed by atoms with Gasteiger partial charge in [-0.25, -0.2) is 9.78 Å². The Morgan fingerprint density at radius 2 is 1.71 bits per heavy atom. The molecule has 1 fully saturated rings. The van der Waals surface area contributed by atoms with E-state index in [-0.39, 0.29) is 0 Å². The molecule has 0 radical (unpaired) electrons. The van der Waals surface area contributed by atoms with Gasteiger partial charge in [0.25, 0.3) is 0 Å². The van der Waals surface area contributed by atoms with Crippen LogP contribution in [0.2, 0.25) is 0 Å². The topological polar surface area (TPSA) is 64.1 Å². The van der Waals surface area contributed by atoms with E-state index in [1.54, 1.807) is 25.6 Å². The van der Waals surface area contributed by atoms with Crippen LogP contribution < -0.4 is 14.4 Å². The summed E-state index contributed by atoms with van der Waals surface area (Å²) in [5, 5.41) is 0.705. The first kappa shape index (κ1) is 36.5. The molecule has 1 aromatic heterocycles. The maximum Gasteiger partial charge on any atom is 0.416 e. The largest absolute Gasteiger partial charge is 0.494 e. The van der Waals surface area contributed by atoms with E-state index in [1.807, 2.05) is 37.3 Å². The van der Waals surface area contributed by atoms with Crippen molar-refractivity contribution in [2.24, 2.45) is 0 Å². The van der Waals surface area contributed by atoms with Crippen molar-refractivity contribution in [2.75, 3.05) is 44.3 Å². The third kappa shape index (κ3) is 9.92. The number of rotatable bonds is 14. The van der Waals surface area contributed by atoms with Crippen molar-refractivity contribution in [3.63, 3.8) is 0 Å². The highest BCUT2D eigenvalue weighted by Crippen LogP contribution is 2.37. The van der Waals surface area contributed by atoms with Crippen LogP contribution in [-0.4, -0.2) is 61.3 Å². The molecule has 1 aliphatic heterocycles. The highest BCUT2D eigenvalue weighted by Gasteiger charge is 2.30. The van der Waals surface area contributed by atoms with E-state index < -0.39 is 23.8 Å². The number of hydrogen-bond donors (Lipinski definition) is 0. The lowest BCUT2D eigenvalue weighted by molar-refractivity contribution is -0.150. The number of benzene rings is 3. The number of aryl methyl sites for hydroxylation is 1. The van der Waals surface area contributed by atoms with E-state index in [9.17, 15) is 18.0 Å². The molecule has 3 aromatic carbocycles. The molecular weight excluding hydrogens is 672 g/mol. The summed E-state index contributed by atoms with van der Waals surface area (Å²) in [5.41, 5.74) is 3.00. The monoisotopic (exact) mass is 713 g/mol. The zero-order valence-electron chi connectivity index (χ0n) is 28.2. The van der Waals surface area contributed by atoms with Gasteiger partial charge >= 0.3 is 12.1 Å². The molecule has 0 spiro atoms. The van der Waals surface area contributed by atoms with Crippen molar-refractivity contribution < 1.29 is 32.2 Å². The number of halogens is 3. The molecule has 4 aromatic rings. The number of carbonyl (C=O) groups excluding carboxylic acids is 1. The molecular formula is C37H42F3N3O4S2. The van der Waals surface area contributed by atoms with Gasteiger partial charge in [0.05, 0.1) is 24.5 Å². The first-order valence-corrected chi connectivity index (χ1v) is 18.3. The minimum Gasteiger partial charge on any atom is -0.494 e. The Kier molecular flexibility index (Phi) is 12.5. The molecule has 1 saturated heterocycles. The number of carbonyl (C=O) groups is 1. The summed E-state index contributed by atoms with van der Waals surface area (Å²) < 4.78 is 56.3. The SMILES string of the molecule is CCCOc1ccc(N2CCN(Cc3nc(-c4ccc(C(F)(F)F)cc4)sc3CSc3ccc(OC(C)C(=O)OCC)c(C)c3)CC2)cc1. The Labute approximate surface area is 294 Å². The maximum absolute atomic E-state index is 13.2. The molecule has 0 saturated carbocycles. The summed E-state index contributed by atoms with van der Waals surface area (Å²) in [6.45, 7) is 12.6. The van der Waals surface area contributed by atoms with Gasteiger partial charge in [-0.2, -0.15) is 13.2 Å². The number of anilines is 1. The molecule has 0 bridgehead atoms. The maximum atomic E-state index is 13.2. The molecule has 1 unspecified atom stereocenters. The van der Waals surface area contributed by atoms with Crippen LogP contribution in [0, 0.1) is 6.92 Å². The first-order valence-electron chi connectivity index (χ1n) is 16.5. The molecule has 49 heavy (non-hydrogen) atoms. The molecule has 0 aliphatic carbocycles. The molecule has 5 rings (SSSR count). The number of nitrogens with zero attached hydrogens (tertiary/aromatic N) is 3. The second-order valence-corrected chi connectivity index (χ2v) is 13.9. The van der Waals surface area contributed by atoms with Crippen molar-refractivity contribution >= 4 is 34.8 Å². The van der Waals surface area contributed by atoms with Crippen molar-refractivity contribution in [1.82, 2.24) is 9.88 Å². The van der Waals surface area contributed by atoms with E-state index in [0.29, 0.717) is 41.8 Å². The van der Waals surface area contributed by atoms with E-state index in [1.165, 1.54) is 29.2 Å². The number of aromatic nitrogens is 1. The molecule has 262 valence electrons. The number of thioether (sulfide) groups is 1. The van der Waals surface area contributed by atoms with Crippen LogP contribution in [0.4, 0.5) is 18.9 Å². The fourth-order valence-electron chi connectivity index (χ4n) is 5.38. The average molecular weight is 714 g/mol. The highest BCUT2D eigenvalue weighted by molar-refractivity contribution is 7.98. The molecule has 1 atom stereocenters. The normalized spacial score (nSPS) is 14.5. The second kappa shape index (κ2) is 16.8. The minimum atomic E-state index is -4.39. The predicted molar refractivity (Wildman–Crippen MR) is 190 cm³/mol. The quantitative estimate of drug-likeness (QED) is 0.0949. The average Bonchev–Trinajstić information content (AvgIpc) is 3.50. The number of alkyl halides is 3. The lowest BCUT2D eigenvalue weighted by atomic mass is 10.1. The molecule has 2 heterocycles. The number of piperazine rings is 1. The van der Waals surface area contributed by atoms with Crippen molar-refractivity contribution in [3.05, 3.63) is 88.4 Å². The van der Waals surface area contributed by atoms with Crippen LogP contribution in [0.5, 0.6) is 11.5 Å². The van der Waals surface area contributed by atoms with Crippen molar-refractivity contribution in [2.45, 2.75) is 63.6 Å². The van der Waals surface area contributed by atoms with Gasteiger partial charge in [0, 0.05) is 59.5 Å². The minimum absolute atomic E-state index is 0.293. The fourth-order valence-corrected chi connectivity index (χ4v) is 7.56. The number of ether oxygens (including phenoxy) is 3. The molecule has 0 N–H and O–H groups in total. The van der Waals surface area contributed by atoms with Gasteiger partial charge in [-0.15, -0.1) is 23.1 Å². The Balaban J connectivity index is 1.28. The standard InChI is InChI=1S/C37H42F3N3O4S2/c1-5-21-46-30-13-11-29(12-14-30)43-19-17-42(18-20-43)23-32-34(49-35(41-32)27-7-9-28(10-8-27)37(38,39)40)24-48-31-15-16-33(25(3)22-31)47-26(4)36(44)45-6-2/h7-16,22,26H,5-6,17-21,23-24H2,1-4H3. The van der Waals surface area contributed by atoms with Gasteiger partial charge in [-0.1, -0.05) is 19.1 Å². The van der Waals surface area contributed by atoms with Gasteiger partial charge in [0.1, 0.15) is 16.5 Å². The third-order valence-electron chi connectivity index (χ3n) is 8.10. The summed E-state index contributed by atoms with van der Waals surface area (Å²) in [7, 11) is 0. The zero-order valence-corrected chi connectivity index (χ0v) is 29.9. The second-order valence-electron chi connectivity index (χ2n) is 11.8. The molecule has 1 aliphatic rings. The Morgan fingerprint density at radius 1 is 1.00 bits per heavy atom. The van der Waals surface area contributed by atoms with Crippen LogP contribution in [0.25, 0.3) is 10.6 Å². The predicted octanol–water partition coefficient (Wildman–Crippen LogP) is 8.87. The Morgan fingerprint density at radius 3 is 2.35 bits per heavy atom. The summed E-state index contributed by atoms with van der Waals surface area (Å²) in [4.78, 5) is 23.9. The van der Waals surface area contributed by atoms with Gasteiger partial charge in [0.15, 0.2) is 6.10 Å². The zero-order chi connectivity index (χ0) is 35.0. The third-order valence-corrected chi connectivity index (χ3v) is 10.4. The Bertz CT molecular complexity index is 1670. The summed E-state index contributed by atoms with van der Waals surface area (Å²) in [6.07, 6.45) is -4.14. The van der Waals surface area contributed by atoms with E-state index in [4.69, 9.17) is 19.2 Å². The summed E-state index contributed by atoms with van der Waals surface area (Å²) in [5.74, 6) is 1.74. The van der Waals surface area contributed by atoms with Crippen LogP contribution in [0.15, 0.2) is 71.6 Å². The van der Waals surface area contributed by atoms with Gasteiger partial charge in [-0.05, 0) is 87.4 Å². The van der Waals surface area contributed by atoms with Gasteiger partial charge in [0.2, 0.25) is 0 Å². The van der Waals surface area contributed by atoms with Crippen molar-refractivity contribution in [3.8, 4) is 22.1 Å². The van der Waals surface area contributed by atoms with E-state index in [2.05, 4.69) is 28.9 Å². The van der Waals surface area contributed by atoms with Gasteiger partial charge < -0.3 is 19.1 Å². The summed E-state index contributed by atoms with van der Waals surface area (Å²) in [6, 6.07) is 19.3. The lowest BCUT2D eigenvalue weighted by Gasteiger charge is -2.36. The smallest absolute Gasteiger partial charge is 0.416 e. The van der Waals surface area contributed by atoms with E-state index in [0.717, 1.165) is 71.5 Å². The number of esters is 1. The van der Waals surface area contributed by atoms with Crippen LogP contribution in [0.3, 0.4) is 0 Å². The Hall–Kier alpha value is -3.74. The number of hydrogen-bond acceptors (Lipinski definition) is 9. The first-order chi connectivity index (χ1) is 23.5. The molecule has 7 nitrogen and oxygen atoms in total. The van der Waals surface area contributed by atoms with Crippen LogP contribution in [-0.2, 0) is 28.0 Å². The van der Waals surface area contributed by atoms with E-state index >= 15 is 0 Å². The molecule has 12 heteroatoms. The fraction of sp³-hybridized carbons (Fsp3) is 0.405. The summed E-state index contributed by atoms with van der Waals surface area (Å²) >= 11 is 3.18. The van der Waals surface area contributed by atoms with Crippen molar-refractivity contribution in [1.29, 1.82) is 0 Å². The van der Waals surface area contributed by atoms with Crippen LogP contribution >= 0.6 is 23.1 Å². The number of thiazole rings is 1.